The van der Waals surface area contributed by atoms with Crippen LogP contribution >= 0.6 is 0 Å². The molecule has 0 aliphatic carbocycles. The van der Waals surface area contributed by atoms with E-state index in [2.05, 4.69) is 77.8 Å². The Hall–Kier alpha value is -1.80. The molecule has 1 atom stereocenters. The number of anilines is 1. The molecule has 2 heteroatoms. The first-order valence-electron chi connectivity index (χ1n) is 7.93. The van der Waals surface area contributed by atoms with Crippen LogP contribution in [0.2, 0.25) is 0 Å². The lowest BCUT2D eigenvalue weighted by molar-refractivity contribution is 0.167. The summed E-state index contributed by atoms with van der Waals surface area (Å²) in [6.07, 6.45) is 2.43. The van der Waals surface area contributed by atoms with Crippen LogP contribution in [0.1, 0.15) is 31.4 Å². The monoisotopic (exact) mass is 280 g/mol. The third-order valence-corrected chi connectivity index (χ3v) is 4.50. The Kier molecular flexibility index (Phi) is 4.56. The van der Waals surface area contributed by atoms with Crippen LogP contribution in [0, 0.1) is 0 Å². The molecule has 0 spiro atoms. The van der Waals surface area contributed by atoms with Crippen LogP contribution in [0.3, 0.4) is 0 Å². The number of benzene rings is 2. The van der Waals surface area contributed by atoms with Crippen molar-refractivity contribution in [3.63, 3.8) is 0 Å². The molecule has 3 rings (SSSR count). The molecule has 1 saturated heterocycles. The van der Waals surface area contributed by atoms with E-state index in [1.165, 1.54) is 37.2 Å². The van der Waals surface area contributed by atoms with Crippen LogP contribution in [0.5, 0.6) is 0 Å². The maximum absolute atomic E-state index is 3.65. The third-order valence-electron chi connectivity index (χ3n) is 4.50. The van der Waals surface area contributed by atoms with E-state index in [4.69, 9.17) is 0 Å². The van der Waals surface area contributed by atoms with Crippen LogP contribution in [0.4, 0.5) is 5.69 Å². The molecule has 2 aromatic carbocycles. The Morgan fingerprint density at radius 2 is 1.48 bits per heavy atom. The Balaban J connectivity index is 1.53. The minimum atomic E-state index is 0.517. The van der Waals surface area contributed by atoms with Crippen molar-refractivity contribution in [2.24, 2.45) is 0 Å². The van der Waals surface area contributed by atoms with Gasteiger partial charge in [-0.1, -0.05) is 48.5 Å². The van der Waals surface area contributed by atoms with Crippen LogP contribution < -0.4 is 5.32 Å². The number of nitrogens with one attached hydrogen (secondary N) is 1. The van der Waals surface area contributed by atoms with Crippen LogP contribution in [-0.2, 0) is 0 Å². The van der Waals surface area contributed by atoms with E-state index in [1.807, 2.05) is 0 Å². The van der Waals surface area contributed by atoms with E-state index >= 15 is 0 Å². The first-order valence-corrected chi connectivity index (χ1v) is 7.93. The predicted molar refractivity (Wildman–Crippen MR) is 89.5 cm³/mol. The average molecular weight is 280 g/mol. The second-order valence-corrected chi connectivity index (χ2v) is 5.91. The lowest BCUT2D eigenvalue weighted by atomic mass is 10.00. The largest absolute Gasteiger partial charge is 0.382 e. The smallest absolute Gasteiger partial charge is 0.0342 e. The van der Waals surface area contributed by atoms with Crippen molar-refractivity contribution in [1.82, 2.24) is 4.90 Å². The van der Waals surface area contributed by atoms with Gasteiger partial charge in [-0.2, -0.15) is 0 Å². The molecular weight excluding hydrogens is 256 g/mol. The Bertz CT molecular complexity index is 530. The van der Waals surface area contributed by atoms with E-state index < -0.39 is 0 Å². The quantitative estimate of drug-likeness (QED) is 0.897. The lowest BCUT2D eigenvalue weighted by Crippen LogP contribution is -2.40. The topological polar surface area (TPSA) is 15.3 Å². The molecular formula is C19H24N2. The first-order chi connectivity index (χ1) is 10.3. The summed E-state index contributed by atoms with van der Waals surface area (Å²) in [4.78, 5) is 2.60. The van der Waals surface area contributed by atoms with Gasteiger partial charge in [0.15, 0.2) is 0 Å². The van der Waals surface area contributed by atoms with Crippen LogP contribution in [-0.4, -0.2) is 24.0 Å². The highest BCUT2D eigenvalue weighted by Gasteiger charge is 2.23. The van der Waals surface area contributed by atoms with Gasteiger partial charge in [-0.05, 0) is 37.5 Å². The van der Waals surface area contributed by atoms with Gasteiger partial charge in [0, 0.05) is 30.9 Å². The molecule has 1 fully saturated rings. The fourth-order valence-electron chi connectivity index (χ4n) is 3.14. The van der Waals surface area contributed by atoms with Crippen molar-refractivity contribution < 1.29 is 0 Å². The zero-order valence-corrected chi connectivity index (χ0v) is 12.7. The summed E-state index contributed by atoms with van der Waals surface area (Å²) in [5, 5.41) is 3.65. The van der Waals surface area contributed by atoms with Crippen molar-refractivity contribution >= 4 is 5.69 Å². The molecule has 0 amide bonds. The molecule has 0 aromatic heterocycles. The summed E-state index contributed by atoms with van der Waals surface area (Å²) in [6, 6.07) is 22.5. The minimum Gasteiger partial charge on any atom is -0.382 e. The molecule has 2 nitrogen and oxygen atoms in total. The molecule has 110 valence electrons. The maximum Gasteiger partial charge on any atom is 0.0342 e. The summed E-state index contributed by atoms with van der Waals surface area (Å²) in [7, 11) is 0. The molecule has 0 radical (unpaired) electrons. The summed E-state index contributed by atoms with van der Waals surface area (Å²) in [6.45, 7) is 4.65. The average Bonchev–Trinajstić information content (AvgIpc) is 2.57. The zero-order valence-electron chi connectivity index (χ0n) is 12.7. The number of likely N-dealkylation sites (tertiary alicyclic amines) is 1. The Morgan fingerprint density at radius 1 is 0.905 bits per heavy atom. The number of rotatable bonds is 4. The lowest BCUT2D eigenvalue weighted by Gasteiger charge is -2.36. The number of para-hydroxylation sites is 1. The second kappa shape index (κ2) is 6.77. The first kappa shape index (κ1) is 14.2. The standard InChI is InChI=1S/C19H24N2/c1-16(17-8-4-2-5-9-17)21-14-12-19(13-15-21)20-18-10-6-3-7-11-18/h2-11,16,19-20H,12-15H2,1H3. The molecule has 1 heterocycles. The van der Waals surface area contributed by atoms with E-state index in [9.17, 15) is 0 Å². The van der Waals surface area contributed by atoms with Gasteiger partial charge >= 0.3 is 0 Å². The van der Waals surface area contributed by atoms with Crippen molar-refractivity contribution in [1.29, 1.82) is 0 Å². The van der Waals surface area contributed by atoms with Gasteiger partial charge < -0.3 is 5.32 Å². The molecule has 0 saturated carbocycles. The van der Waals surface area contributed by atoms with E-state index in [0.717, 1.165) is 0 Å². The van der Waals surface area contributed by atoms with Crippen molar-refractivity contribution in [2.45, 2.75) is 31.8 Å². The van der Waals surface area contributed by atoms with Gasteiger partial charge in [-0.3, -0.25) is 4.90 Å². The zero-order chi connectivity index (χ0) is 14.5. The summed E-state index contributed by atoms with van der Waals surface area (Å²) in [5.74, 6) is 0. The van der Waals surface area contributed by atoms with Crippen LogP contribution in [0.25, 0.3) is 0 Å². The molecule has 0 bridgehead atoms. The highest BCUT2D eigenvalue weighted by molar-refractivity contribution is 5.43. The van der Waals surface area contributed by atoms with Crippen molar-refractivity contribution in [3.8, 4) is 0 Å². The number of hydrogen-bond donors (Lipinski definition) is 1. The van der Waals surface area contributed by atoms with Crippen LogP contribution in [0.15, 0.2) is 60.7 Å². The summed E-state index contributed by atoms with van der Waals surface area (Å²) in [5.41, 5.74) is 2.67. The van der Waals surface area contributed by atoms with Gasteiger partial charge in [0.1, 0.15) is 0 Å². The Labute approximate surface area is 127 Å². The molecule has 1 aliphatic heterocycles. The van der Waals surface area contributed by atoms with Gasteiger partial charge in [0.25, 0.3) is 0 Å². The fraction of sp³-hybridized carbons (Fsp3) is 0.368. The number of piperidine rings is 1. The predicted octanol–water partition coefficient (Wildman–Crippen LogP) is 4.32. The highest BCUT2D eigenvalue weighted by Crippen LogP contribution is 2.25. The fourth-order valence-corrected chi connectivity index (χ4v) is 3.14. The highest BCUT2D eigenvalue weighted by atomic mass is 15.2. The Morgan fingerprint density at radius 3 is 2.10 bits per heavy atom. The van der Waals surface area contributed by atoms with E-state index in [-0.39, 0.29) is 0 Å². The third kappa shape index (κ3) is 3.64. The van der Waals surface area contributed by atoms with Gasteiger partial charge in [0.05, 0.1) is 0 Å². The molecule has 21 heavy (non-hydrogen) atoms. The molecule has 1 aliphatic rings. The SMILES string of the molecule is CC(c1ccccc1)N1CCC(Nc2ccccc2)CC1. The van der Waals surface area contributed by atoms with Gasteiger partial charge in [-0.25, -0.2) is 0 Å². The molecule has 1 unspecified atom stereocenters. The van der Waals surface area contributed by atoms with Crippen molar-refractivity contribution in [3.05, 3.63) is 66.2 Å². The normalized spacial score (nSPS) is 18.3. The number of hydrogen-bond acceptors (Lipinski definition) is 2. The summed E-state index contributed by atoms with van der Waals surface area (Å²) >= 11 is 0. The second-order valence-electron chi connectivity index (χ2n) is 5.91. The number of nitrogens with zero attached hydrogens (tertiary/aromatic N) is 1. The molecule has 1 N–H and O–H groups in total. The maximum atomic E-state index is 3.65. The van der Waals surface area contributed by atoms with Crippen molar-refractivity contribution in [2.75, 3.05) is 18.4 Å². The van der Waals surface area contributed by atoms with E-state index in [0.29, 0.717) is 12.1 Å². The minimum absolute atomic E-state index is 0.517. The van der Waals surface area contributed by atoms with Gasteiger partial charge in [-0.15, -0.1) is 0 Å². The summed E-state index contributed by atoms with van der Waals surface area (Å²) < 4.78 is 0. The molecule has 2 aromatic rings. The van der Waals surface area contributed by atoms with E-state index in [1.54, 1.807) is 0 Å². The van der Waals surface area contributed by atoms with Gasteiger partial charge in [0.2, 0.25) is 0 Å².